The van der Waals surface area contributed by atoms with Gasteiger partial charge in [0.25, 0.3) is 0 Å². The first kappa shape index (κ1) is 15.9. The highest BCUT2D eigenvalue weighted by atomic mass is 35.5. The van der Waals surface area contributed by atoms with Gasteiger partial charge >= 0.3 is 0 Å². The smallest absolute Gasteiger partial charge is 0.220 e. The Hall–Kier alpha value is -1.51. The molecule has 2 rings (SSSR count). The summed E-state index contributed by atoms with van der Waals surface area (Å²) < 4.78 is 0. The zero-order valence-corrected chi connectivity index (χ0v) is 13.3. The van der Waals surface area contributed by atoms with Crippen LogP contribution < -0.4 is 5.32 Å². The summed E-state index contributed by atoms with van der Waals surface area (Å²) in [6, 6.07) is 15.3. The topological polar surface area (TPSA) is 29.1 Å². The highest BCUT2D eigenvalue weighted by Gasteiger charge is 2.11. The molecule has 0 spiro atoms. The summed E-state index contributed by atoms with van der Waals surface area (Å²) in [5, 5.41) is 4.05. The van der Waals surface area contributed by atoms with Crippen LogP contribution in [0.4, 0.5) is 0 Å². The quantitative estimate of drug-likeness (QED) is 0.841. The highest BCUT2D eigenvalue weighted by Crippen LogP contribution is 2.21. The van der Waals surface area contributed by atoms with Crippen LogP contribution >= 0.6 is 23.2 Å². The zero-order chi connectivity index (χ0) is 15.2. The zero-order valence-electron chi connectivity index (χ0n) is 11.8. The molecule has 4 heteroatoms. The molecule has 1 N–H and O–H groups in total. The van der Waals surface area contributed by atoms with E-state index in [4.69, 9.17) is 23.2 Å². The number of halogens is 2. The molecule has 0 saturated carbocycles. The summed E-state index contributed by atoms with van der Waals surface area (Å²) in [4.78, 5) is 12.0. The maximum absolute atomic E-state index is 12.0. The average molecular weight is 322 g/mol. The van der Waals surface area contributed by atoms with Gasteiger partial charge in [0.2, 0.25) is 5.91 Å². The minimum absolute atomic E-state index is 0.0115. The van der Waals surface area contributed by atoms with Crippen molar-refractivity contribution in [1.29, 1.82) is 0 Å². The SMILES string of the molecule is CC(CC(=O)NCc1ccc(Cl)cc1Cl)c1ccccc1. The first-order valence-electron chi connectivity index (χ1n) is 6.82. The van der Waals surface area contributed by atoms with Gasteiger partial charge in [-0.15, -0.1) is 0 Å². The number of hydrogen-bond acceptors (Lipinski definition) is 1. The van der Waals surface area contributed by atoms with Crippen LogP contribution in [0, 0.1) is 0 Å². The Morgan fingerprint density at radius 2 is 1.86 bits per heavy atom. The predicted molar refractivity (Wildman–Crippen MR) is 87.8 cm³/mol. The van der Waals surface area contributed by atoms with Gasteiger partial charge in [0.1, 0.15) is 0 Å². The lowest BCUT2D eigenvalue weighted by Gasteiger charge is -2.12. The second-order valence-corrected chi connectivity index (χ2v) is 5.87. The third kappa shape index (κ3) is 4.76. The molecule has 0 aromatic heterocycles. The van der Waals surface area contributed by atoms with Gasteiger partial charge < -0.3 is 5.32 Å². The summed E-state index contributed by atoms with van der Waals surface area (Å²) in [6.45, 7) is 2.46. The first-order chi connectivity index (χ1) is 10.1. The molecule has 0 heterocycles. The molecule has 0 aliphatic heterocycles. The Morgan fingerprint density at radius 3 is 2.52 bits per heavy atom. The van der Waals surface area contributed by atoms with Crippen molar-refractivity contribution >= 4 is 29.1 Å². The van der Waals surface area contributed by atoms with E-state index in [0.29, 0.717) is 23.0 Å². The maximum atomic E-state index is 12.0. The van der Waals surface area contributed by atoms with Gasteiger partial charge in [-0.1, -0.05) is 66.5 Å². The average Bonchev–Trinajstić information content (AvgIpc) is 2.47. The van der Waals surface area contributed by atoms with Crippen LogP contribution in [0.3, 0.4) is 0 Å². The minimum atomic E-state index is 0.0115. The molecule has 1 unspecified atom stereocenters. The van der Waals surface area contributed by atoms with Crippen molar-refractivity contribution in [3.63, 3.8) is 0 Å². The number of rotatable bonds is 5. The molecule has 110 valence electrons. The molecule has 21 heavy (non-hydrogen) atoms. The van der Waals surface area contributed by atoms with E-state index in [1.807, 2.05) is 43.3 Å². The second-order valence-electron chi connectivity index (χ2n) is 5.03. The van der Waals surface area contributed by atoms with E-state index in [1.54, 1.807) is 12.1 Å². The van der Waals surface area contributed by atoms with Crippen molar-refractivity contribution in [2.45, 2.75) is 25.8 Å². The fourth-order valence-corrected chi connectivity index (χ4v) is 2.58. The molecule has 1 amide bonds. The van der Waals surface area contributed by atoms with Crippen LogP contribution in [0.2, 0.25) is 10.0 Å². The van der Waals surface area contributed by atoms with Crippen molar-refractivity contribution in [1.82, 2.24) is 5.32 Å². The van der Waals surface area contributed by atoms with Gasteiger partial charge in [0.05, 0.1) is 0 Å². The van der Waals surface area contributed by atoms with Crippen molar-refractivity contribution in [3.05, 3.63) is 69.7 Å². The molecule has 2 aromatic carbocycles. The molecule has 2 nitrogen and oxygen atoms in total. The number of carbonyl (C=O) groups is 1. The number of amides is 1. The van der Waals surface area contributed by atoms with Crippen LogP contribution in [-0.4, -0.2) is 5.91 Å². The van der Waals surface area contributed by atoms with E-state index in [0.717, 1.165) is 11.1 Å². The van der Waals surface area contributed by atoms with E-state index in [1.165, 1.54) is 0 Å². The molecule has 0 radical (unpaired) electrons. The summed E-state index contributed by atoms with van der Waals surface area (Å²) in [7, 11) is 0. The standard InChI is InChI=1S/C17H17Cl2NO/c1-12(13-5-3-2-4-6-13)9-17(21)20-11-14-7-8-15(18)10-16(14)19/h2-8,10,12H,9,11H2,1H3,(H,20,21). The molecule has 2 aromatic rings. The summed E-state index contributed by atoms with van der Waals surface area (Å²) in [5.74, 6) is 0.198. The molecule has 0 fully saturated rings. The van der Waals surface area contributed by atoms with Crippen molar-refractivity contribution in [2.75, 3.05) is 0 Å². The van der Waals surface area contributed by atoms with Crippen LogP contribution in [0.1, 0.15) is 30.4 Å². The predicted octanol–water partition coefficient (Wildman–Crippen LogP) is 4.80. The lowest BCUT2D eigenvalue weighted by Crippen LogP contribution is -2.24. The molecule has 0 saturated heterocycles. The Balaban J connectivity index is 1.87. The van der Waals surface area contributed by atoms with E-state index < -0.39 is 0 Å². The number of hydrogen-bond donors (Lipinski definition) is 1. The van der Waals surface area contributed by atoms with Crippen molar-refractivity contribution in [2.24, 2.45) is 0 Å². The molecule has 0 aliphatic carbocycles. The third-order valence-corrected chi connectivity index (χ3v) is 3.94. The number of benzene rings is 2. The van der Waals surface area contributed by atoms with E-state index in [-0.39, 0.29) is 11.8 Å². The fourth-order valence-electron chi connectivity index (χ4n) is 2.11. The first-order valence-corrected chi connectivity index (χ1v) is 7.57. The Kier molecular flexibility index (Phi) is 5.66. The van der Waals surface area contributed by atoms with Crippen LogP contribution in [0.15, 0.2) is 48.5 Å². The monoisotopic (exact) mass is 321 g/mol. The van der Waals surface area contributed by atoms with Gasteiger partial charge in [-0.3, -0.25) is 4.79 Å². The van der Waals surface area contributed by atoms with Gasteiger partial charge in [-0.2, -0.15) is 0 Å². The van der Waals surface area contributed by atoms with Gasteiger partial charge in [0.15, 0.2) is 0 Å². The highest BCUT2D eigenvalue weighted by molar-refractivity contribution is 6.35. The van der Waals surface area contributed by atoms with Gasteiger partial charge in [-0.05, 0) is 29.2 Å². The fraction of sp³-hybridized carbons (Fsp3) is 0.235. The maximum Gasteiger partial charge on any atom is 0.220 e. The molecule has 1 atom stereocenters. The van der Waals surface area contributed by atoms with Crippen LogP contribution in [-0.2, 0) is 11.3 Å². The summed E-state index contributed by atoms with van der Waals surface area (Å²) in [5.41, 5.74) is 2.03. The summed E-state index contributed by atoms with van der Waals surface area (Å²) >= 11 is 11.9. The van der Waals surface area contributed by atoms with Crippen molar-refractivity contribution in [3.8, 4) is 0 Å². The second kappa shape index (κ2) is 7.48. The minimum Gasteiger partial charge on any atom is -0.352 e. The number of carbonyl (C=O) groups excluding carboxylic acids is 1. The van der Waals surface area contributed by atoms with Gasteiger partial charge in [-0.25, -0.2) is 0 Å². The number of nitrogens with one attached hydrogen (secondary N) is 1. The Labute approximate surface area is 135 Å². The molecular formula is C17H17Cl2NO. The molecule has 0 aliphatic rings. The Bertz CT molecular complexity index is 613. The van der Waals surface area contributed by atoms with Crippen LogP contribution in [0.5, 0.6) is 0 Å². The van der Waals surface area contributed by atoms with Crippen LogP contribution in [0.25, 0.3) is 0 Å². The largest absolute Gasteiger partial charge is 0.352 e. The summed E-state index contributed by atoms with van der Waals surface area (Å²) in [6.07, 6.45) is 0.454. The molecular weight excluding hydrogens is 305 g/mol. The normalized spacial score (nSPS) is 12.0. The lowest BCUT2D eigenvalue weighted by molar-refractivity contribution is -0.121. The van der Waals surface area contributed by atoms with E-state index in [9.17, 15) is 4.79 Å². The van der Waals surface area contributed by atoms with E-state index in [2.05, 4.69) is 5.32 Å². The Morgan fingerprint density at radius 1 is 1.14 bits per heavy atom. The van der Waals surface area contributed by atoms with E-state index >= 15 is 0 Å². The van der Waals surface area contributed by atoms with Crippen molar-refractivity contribution < 1.29 is 4.79 Å². The molecule has 0 bridgehead atoms. The third-order valence-electron chi connectivity index (χ3n) is 3.35. The van der Waals surface area contributed by atoms with Gasteiger partial charge in [0, 0.05) is 23.0 Å². The lowest BCUT2D eigenvalue weighted by atomic mass is 9.97.